The first-order valence-corrected chi connectivity index (χ1v) is 6.61. The number of hydrogen-bond acceptors (Lipinski definition) is 5. The summed E-state index contributed by atoms with van der Waals surface area (Å²) in [5.41, 5.74) is 8.38. The van der Waals surface area contributed by atoms with Crippen molar-refractivity contribution < 1.29 is 0 Å². The Labute approximate surface area is 126 Å². The van der Waals surface area contributed by atoms with Crippen LogP contribution < -0.4 is 16.6 Å². The lowest BCUT2D eigenvalue weighted by Crippen LogP contribution is -2.16. The Morgan fingerprint density at radius 3 is 2.91 bits per heavy atom. The molecule has 0 fully saturated rings. The second-order valence-corrected chi connectivity index (χ2v) is 4.90. The van der Waals surface area contributed by atoms with Gasteiger partial charge < -0.3 is 15.6 Å². The molecule has 0 aliphatic carbocycles. The smallest absolute Gasteiger partial charge is 0.260 e. The van der Waals surface area contributed by atoms with Gasteiger partial charge in [-0.1, -0.05) is 6.07 Å². The summed E-state index contributed by atoms with van der Waals surface area (Å²) in [6.07, 6.45) is 1.49. The van der Waals surface area contributed by atoms with Gasteiger partial charge in [-0.3, -0.25) is 4.79 Å². The number of nitrogen functional groups attached to an aromatic ring is 1. The van der Waals surface area contributed by atoms with Crippen molar-refractivity contribution in [1.29, 1.82) is 5.26 Å². The number of nitrogens with one attached hydrogen (secondary N) is 1. The summed E-state index contributed by atoms with van der Waals surface area (Å²) in [5.74, 6) is 0. The van der Waals surface area contributed by atoms with Crippen LogP contribution in [0.3, 0.4) is 0 Å². The summed E-state index contributed by atoms with van der Waals surface area (Å²) >= 11 is 0. The van der Waals surface area contributed by atoms with E-state index in [1.807, 2.05) is 0 Å². The number of nitrogens with zero attached hydrogens (tertiary/aromatic N) is 3. The Kier molecular flexibility index (Phi) is 3.24. The number of nitriles is 1. The largest absolute Gasteiger partial charge is 0.398 e. The lowest BCUT2D eigenvalue weighted by atomic mass is 10.1. The van der Waals surface area contributed by atoms with Gasteiger partial charge in [0.25, 0.3) is 5.56 Å². The molecule has 6 nitrogen and oxygen atoms in total. The topological polar surface area (TPSA) is 96.7 Å². The van der Waals surface area contributed by atoms with Gasteiger partial charge in [-0.15, -0.1) is 0 Å². The van der Waals surface area contributed by atoms with Crippen molar-refractivity contribution in [3.63, 3.8) is 0 Å². The first-order chi connectivity index (χ1) is 10.6. The van der Waals surface area contributed by atoms with Crippen molar-refractivity contribution in [2.75, 3.05) is 11.1 Å². The molecule has 22 heavy (non-hydrogen) atoms. The van der Waals surface area contributed by atoms with Gasteiger partial charge in [0.1, 0.15) is 6.07 Å². The fourth-order valence-corrected chi connectivity index (χ4v) is 2.24. The van der Waals surface area contributed by atoms with Crippen molar-refractivity contribution in [2.45, 2.75) is 0 Å². The van der Waals surface area contributed by atoms with Crippen molar-refractivity contribution in [1.82, 2.24) is 9.55 Å². The van der Waals surface area contributed by atoms with E-state index in [-0.39, 0.29) is 5.56 Å². The Morgan fingerprint density at radius 2 is 2.14 bits per heavy atom. The molecule has 3 aromatic rings. The summed E-state index contributed by atoms with van der Waals surface area (Å²) < 4.78 is 1.42. The third-order valence-corrected chi connectivity index (χ3v) is 3.40. The Hall–Kier alpha value is -3.33. The van der Waals surface area contributed by atoms with Crippen LogP contribution in [-0.2, 0) is 7.05 Å². The number of nitrogens with two attached hydrogens (primary N) is 1. The molecule has 0 bridgehead atoms. The van der Waals surface area contributed by atoms with E-state index in [1.165, 1.54) is 10.9 Å². The Bertz CT molecular complexity index is 968. The van der Waals surface area contributed by atoms with E-state index in [1.54, 1.807) is 43.4 Å². The molecule has 3 rings (SSSR count). The highest BCUT2D eigenvalue weighted by molar-refractivity contribution is 5.83. The first kappa shape index (κ1) is 13.6. The van der Waals surface area contributed by atoms with Gasteiger partial charge in [0.05, 0.1) is 34.2 Å². The van der Waals surface area contributed by atoms with Crippen LogP contribution in [0.5, 0.6) is 0 Å². The fraction of sp³-hybridized carbons (Fsp3) is 0.0625. The van der Waals surface area contributed by atoms with Crippen molar-refractivity contribution in [3.05, 3.63) is 58.6 Å². The maximum Gasteiger partial charge on any atom is 0.260 e. The van der Waals surface area contributed by atoms with Crippen molar-refractivity contribution in [2.24, 2.45) is 7.05 Å². The molecule has 0 radical (unpaired) electrons. The molecule has 0 amide bonds. The summed E-state index contributed by atoms with van der Waals surface area (Å²) in [4.78, 5) is 16.3. The fourth-order valence-electron chi connectivity index (χ4n) is 2.24. The van der Waals surface area contributed by atoms with Gasteiger partial charge in [0.15, 0.2) is 0 Å². The van der Waals surface area contributed by atoms with Gasteiger partial charge in [-0.2, -0.15) is 5.26 Å². The van der Waals surface area contributed by atoms with E-state index in [4.69, 9.17) is 5.73 Å². The molecule has 0 atom stereocenters. The first-order valence-electron chi connectivity index (χ1n) is 6.61. The van der Waals surface area contributed by atoms with E-state index < -0.39 is 0 Å². The predicted octanol–water partition coefficient (Wildman–Crippen LogP) is 2.13. The highest BCUT2D eigenvalue weighted by atomic mass is 16.1. The van der Waals surface area contributed by atoms with Gasteiger partial charge >= 0.3 is 0 Å². The molecule has 1 heterocycles. The number of aryl methyl sites for hydroxylation is 1. The molecule has 0 unspecified atom stereocenters. The molecule has 3 N–H and O–H groups in total. The summed E-state index contributed by atoms with van der Waals surface area (Å²) in [6, 6.07) is 12.6. The summed E-state index contributed by atoms with van der Waals surface area (Å²) in [6.45, 7) is 0. The van der Waals surface area contributed by atoms with E-state index in [2.05, 4.69) is 16.4 Å². The van der Waals surface area contributed by atoms with Gasteiger partial charge in [-0.05, 0) is 30.3 Å². The van der Waals surface area contributed by atoms with Gasteiger partial charge in [0, 0.05) is 12.7 Å². The molecule has 6 heteroatoms. The maximum atomic E-state index is 12.1. The molecule has 0 aliphatic rings. The Morgan fingerprint density at radius 1 is 1.32 bits per heavy atom. The molecule has 0 spiro atoms. The summed E-state index contributed by atoms with van der Waals surface area (Å²) in [7, 11) is 1.65. The van der Waals surface area contributed by atoms with Crippen LogP contribution in [0.15, 0.2) is 47.5 Å². The van der Waals surface area contributed by atoms with Gasteiger partial charge in [0.2, 0.25) is 0 Å². The van der Waals surface area contributed by atoms with Crippen LogP contribution >= 0.6 is 0 Å². The predicted molar refractivity (Wildman–Crippen MR) is 85.8 cm³/mol. The standard InChI is InChI=1S/C16H13N5O/c1-21-9-19-14-6-5-10(7-11(14)16(21)22)20-15-4-2-3-13(18)12(15)8-17/h2-7,9,20H,18H2,1H3. The van der Waals surface area contributed by atoms with Crippen molar-refractivity contribution >= 4 is 28.0 Å². The molecule has 2 aromatic carbocycles. The zero-order valence-corrected chi connectivity index (χ0v) is 11.9. The zero-order valence-electron chi connectivity index (χ0n) is 11.9. The van der Waals surface area contributed by atoms with Crippen LogP contribution in [0.1, 0.15) is 5.56 Å². The summed E-state index contributed by atoms with van der Waals surface area (Å²) in [5, 5.41) is 12.8. The quantitative estimate of drug-likeness (QED) is 0.705. The zero-order chi connectivity index (χ0) is 15.7. The van der Waals surface area contributed by atoms with Crippen LogP contribution in [0, 0.1) is 11.3 Å². The van der Waals surface area contributed by atoms with E-state index in [0.29, 0.717) is 33.5 Å². The van der Waals surface area contributed by atoms with E-state index >= 15 is 0 Å². The van der Waals surface area contributed by atoms with Crippen LogP contribution in [-0.4, -0.2) is 9.55 Å². The lowest BCUT2D eigenvalue weighted by molar-refractivity contribution is 0.843. The SMILES string of the molecule is Cn1cnc2ccc(Nc3cccc(N)c3C#N)cc2c1=O. The maximum absolute atomic E-state index is 12.1. The van der Waals surface area contributed by atoms with E-state index in [0.717, 1.165) is 0 Å². The number of anilines is 3. The number of hydrogen-bond donors (Lipinski definition) is 2. The molecule has 0 saturated heterocycles. The second-order valence-electron chi connectivity index (χ2n) is 4.90. The molecule has 0 aliphatic heterocycles. The highest BCUT2D eigenvalue weighted by Gasteiger charge is 2.07. The third kappa shape index (κ3) is 2.25. The lowest BCUT2D eigenvalue weighted by Gasteiger charge is -2.10. The number of aromatic nitrogens is 2. The molecule has 1 aromatic heterocycles. The minimum atomic E-state index is -0.123. The molecular formula is C16H13N5O. The average molecular weight is 291 g/mol. The number of rotatable bonds is 2. The minimum Gasteiger partial charge on any atom is -0.398 e. The van der Waals surface area contributed by atoms with Crippen LogP contribution in [0.2, 0.25) is 0 Å². The highest BCUT2D eigenvalue weighted by Crippen LogP contribution is 2.25. The Balaban J connectivity index is 2.09. The second kappa shape index (κ2) is 5.22. The van der Waals surface area contributed by atoms with Crippen LogP contribution in [0.25, 0.3) is 10.9 Å². The molecule has 0 saturated carbocycles. The van der Waals surface area contributed by atoms with Crippen molar-refractivity contribution in [3.8, 4) is 6.07 Å². The average Bonchev–Trinajstić information content (AvgIpc) is 2.52. The number of fused-ring (bicyclic) bond motifs is 1. The van der Waals surface area contributed by atoms with Crippen LogP contribution in [0.4, 0.5) is 17.1 Å². The normalized spacial score (nSPS) is 10.4. The molecule has 108 valence electrons. The van der Waals surface area contributed by atoms with E-state index in [9.17, 15) is 10.1 Å². The monoisotopic (exact) mass is 291 g/mol. The van der Waals surface area contributed by atoms with Gasteiger partial charge in [-0.25, -0.2) is 4.98 Å². The molecular weight excluding hydrogens is 278 g/mol. The third-order valence-electron chi connectivity index (χ3n) is 3.40. The minimum absolute atomic E-state index is 0.123. The number of benzene rings is 2.